The first-order valence-electron chi connectivity index (χ1n) is 2.74. The summed E-state index contributed by atoms with van der Waals surface area (Å²) >= 11 is 0. The smallest absolute Gasteiger partial charge is 0.475 e. The van der Waals surface area contributed by atoms with Gasteiger partial charge in [0, 0.05) is 0 Å². The van der Waals surface area contributed by atoms with E-state index in [1.807, 2.05) is 0 Å². The lowest BCUT2D eigenvalue weighted by molar-refractivity contribution is -0.192. The number of hydrogen-bond donors (Lipinski definition) is 1. The van der Waals surface area contributed by atoms with Crippen LogP contribution in [0.5, 0.6) is 0 Å². The number of carboxylic acid groups (broad SMARTS) is 1. The zero-order valence-corrected chi connectivity index (χ0v) is 5.95. The van der Waals surface area contributed by atoms with Gasteiger partial charge in [0.05, 0.1) is 6.21 Å². The number of halogens is 3. The van der Waals surface area contributed by atoms with Gasteiger partial charge in [0.1, 0.15) is 6.34 Å². The van der Waals surface area contributed by atoms with Gasteiger partial charge < -0.3 is 5.11 Å². The van der Waals surface area contributed by atoms with Crippen LogP contribution in [0.3, 0.4) is 0 Å². The molecule has 8 heteroatoms. The lowest BCUT2D eigenvalue weighted by Crippen LogP contribution is -2.21. The highest BCUT2D eigenvalue weighted by molar-refractivity contribution is 6.32. The Bertz CT molecular complexity index is 255. The van der Waals surface area contributed by atoms with Crippen molar-refractivity contribution in [3.05, 3.63) is 0 Å². The maximum absolute atomic E-state index is 10.6. The fraction of sp³-hybridized carbons (Fsp3) is 0.200. The molecule has 0 saturated heterocycles. The second kappa shape index (κ2) is 4.33. The Morgan fingerprint density at radius 1 is 1.46 bits per heavy atom. The van der Waals surface area contributed by atoms with Crippen LogP contribution in [0.2, 0.25) is 0 Å². The molecule has 0 aromatic rings. The molecule has 0 spiro atoms. The molecule has 1 aliphatic heterocycles. The highest BCUT2D eigenvalue weighted by Gasteiger charge is 2.38. The first-order chi connectivity index (χ1) is 5.84. The van der Waals surface area contributed by atoms with Crippen LogP contribution in [-0.4, -0.2) is 35.7 Å². The number of hydrogen-bond acceptors (Lipinski definition) is 3. The number of nitrogens with zero attached hydrogens (tertiary/aromatic N) is 2. The Hall–Kier alpha value is -1.73. The largest absolute Gasteiger partial charge is 0.490 e. The first-order valence-corrected chi connectivity index (χ1v) is 2.74. The van der Waals surface area contributed by atoms with E-state index in [1.165, 1.54) is 12.6 Å². The van der Waals surface area contributed by atoms with Crippen LogP contribution < -0.4 is 0 Å². The van der Waals surface area contributed by atoms with Gasteiger partial charge in [-0.2, -0.15) is 18.2 Å². The molecule has 0 aliphatic carbocycles. The van der Waals surface area contributed by atoms with Gasteiger partial charge in [-0.1, -0.05) is 0 Å². The molecule has 1 amide bonds. The number of carbonyl (C=O) groups is 2. The predicted octanol–water partition coefficient (Wildman–Crippen LogP) is 0.259. The molecule has 0 radical (unpaired) electrons. The molecule has 1 heterocycles. The maximum atomic E-state index is 10.6. The second-order valence-electron chi connectivity index (χ2n) is 1.66. The molecule has 1 N–H and O–H groups in total. The first kappa shape index (κ1) is 11.3. The number of aliphatic imine (C=N–C) groups is 2. The standard InChI is InChI=1S/C3H2N2O.C2HF3O2/c6-3-1-4-2-5-3;3-2(4,5)1(6)7/h1-2H;(H,6,7). The van der Waals surface area contributed by atoms with Gasteiger partial charge in [-0.3, -0.25) is 4.79 Å². The number of carbonyl (C=O) groups excluding carboxylic acids is 1. The van der Waals surface area contributed by atoms with Gasteiger partial charge in [-0.05, 0) is 0 Å². The topological polar surface area (TPSA) is 79.1 Å². The van der Waals surface area contributed by atoms with Crippen molar-refractivity contribution in [3.8, 4) is 0 Å². The van der Waals surface area contributed by atoms with E-state index >= 15 is 0 Å². The predicted molar refractivity (Wildman–Crippen MR) is 35.7 cm³/mol. The summed E-state index contributed by atoms with van der Waals surface area (Å²) in [7, 11) is 0. The summed E-state index contributed by atoms with van der Waals surface area (Å²) in [6.07, 6.45) is -2.69. The average molecular weight is 196 g/mol. The van der Waals surface area contributed by atoms with Crippen molar-refractivity contribution in [2.75, 3.05) is 0 Å². The monoisotopic (exact) mass is 196 g/mol. The summed E-state index contributed by atoms with van der Waals surface area (Å²) in [5.41, 5.74) is 0. The minimum atomic E-state index is -5.08. The Labute approximate surface area is 69.6 Å². The van der Waals surface area contributed by atoms with E-state index < -0.39 is 12.1 Å². The van der Waals surface area contributed by atoms with Crippen molar-refractivity contribution >= 4 is 24.4 Å². The van der Waals surface area contributed by atoms with Crippen LogP contribution >= 0.6 is 0 Å². The summed E-state index contributed by atoms with van der Waals surface area (Å²) < 4.78 is 31.7. The second-order valence-corrected chi connectivity index (χ2v) is 1.66. The number of amides is 1. The number of carboxylic acids is 1. The number of alkyl halides is 3. The zero-order chi connectivity index (χ0) is 10.5. The molecule has 0 saturated carbocycles. The van der Waals surface area contributed by atoms with E-state index in [2.05, 4.69) is 9.98 Å². The Balaban J connectivity index is 0.000000223. The van der Waals surface area contributed by atoms with Crippen LogP contribution in [0, 0.1) is 0 Å². The quantitative estimate of drug-likeness (QED) is 0.603. The van der Waals surface area contributed by atoms with Crippen LogP contribution in [0.15, 0.2) is 9.98 Å². The zero-order valence-electron chi connectivity index (χ0n) is 5.95. The van der Waals surface area contributed by atoms with Crippen LogP contribution in [0.4, 0.5) is 13.2 Å². The molecule has 0 fully saturated rings. The SMILES string of the molecule is O=C(O)C(F)(F)F.O=C1C=NC=N1. The summed E-state index contributed by atoms with van der Waals surface area (Å²) in [5.74, 6) is -3.03. The highest BCUT2D eigenvalue weighted by atomic mass is 19.4. The van der Waals surface area contributed by atoms with Crippen molar-refractivity contribution in [2.45, 2.75) is 6.18 Å². The molecule has 0 unspecified atom stereocenters. The molecule has 5 nitrogen and oxygen atoms in total. The minimum Gasteiger partial charge on any atom is -0.475 e. The molecule has 0 atom stereocenters. The average Bonchev–Trinajstić information content (AvgIpc) is 2.38. The molecule has 0 aromatic heterocycles. The molecule has 13 heavy (non-hydrogen) atoms. The normalized spacial score (nSPS) is 13.9. The number of rotatable bonds is 0. The third-order valence-electron chi connectivity index (χ3n) is 0.679. The molecule has 0 aromatic carbocycles. The van der Waals surface area contributed by atoms with Crippen molar-refractivity contribution in [3.63, 3.8) is 0 Å². The Kier molecular flexibility index (Phi) is 3.76. The summed E-state index contributed by atoms with van der Waals surface area (Å²) in [4.78, 5) is 25.4. The third-order valence-corrected chi connectivity index (χ3v) is 0.679. The van der Waals surface area contributed by atoms with E-state index in [4.69, 9.17) is 9.90 Å². The fourth-order valence-corrected chi connectivity index (χ4v) is 0.221. The lowest BCUT2D eigenvalue weighted by atomic mass is 10.7. The molecule has 1 aliphatic rings. The summed E-state index contributed by atoms with van der Waals surface area (Å²) in [5, 5.41) is 7.12. The van der Waals surface area contributed by atoms with Gasteiger partial charge >= 0.3 is 12.1 Å². The Morgan fingerprint density at radius 2 is 1.92 bits per heavy atom. The van der Waals surface area contributed by atoms with Crippen molar-refractivity contribution in [2.24, 2.45) is 9.98 Å². The van der Waals surface area contributed by atoms with Gasteiger partial charge in [-0.15, -0.1) is 0 Å². The van der Waals surface area contributed by atoms with E-state index in [0.29, 0.717) is 0 Å². The van der Waals surface area contributed by atoms with Gasteiger partial charge in [0.2, 0.25) is 0 Å². The van der Waals surface area contributed by atoms with E-state index in [9.17, 15) is 18.0 Å². The third kappa shape index (κ3) is 5.53. The van der Waals surface area contributed by atoms with Crippen LogP contribution in [0.25, 0.3) is 0 Å². The van der Waals surface area contributed by atoms with E-state index in [1.54, 1.807) is 0 Å². The number of aliphatic carboxylic acids is 1. The van der Waals surface area contributed by atoms with Crippen molar-refractivity contribution < 1.29 is 27.9 Å². The van der Waals surface area contributed by atoms with Crippen LogP contribution in [0.1, 0.15) is 0 Å². The molecular weight excluding hydrogens is 193 g/mol. The summed E-state index contributed by atoms with van der Waals surface area (Å²) in [6.45, 7) is 0. The molecule has 72 valence electrons. The van der Waals surface area contributed by atoms with Crippen molar-refractivity contribution in [1.82, 2.24) is 0 Å². The molecule has 1 rings (SSSR count). The maximum Gasteiger partial charge on any atom is 0.490 e. The lowest BCUT2D eigenvalue weighted by Gasteiger charge is -1.93. The van der Waals surface area contributed by atoms with Crippen LogP contribution in [-0.2, 0) is 9.59 Å². The van der Waals surface area contributed by atoms with Crippen molar-refractivity contribution in [1.29, 1.82) is 0 Å². The van der Waals surface area contributed by atoms with E-state index in [-0.39, 0.29) is 5.91 Å². The van der Waals surface area contributed by atoms with Gasteiger partial charge in [0.25, 0.3) is 5.91 Å². The minimum absolute atomic E-state index is 0.269. The Morgan fingerprint density at radius 3 is 2.00 bits per heavy atom. The van der Waals surface area contributed by atoms with Gasteiger partial charge in [0.15, 0.2) is 0 Å². The molecular formula is C5H3F3N2O3. The fourth-order valence-electron chi connectivity index (χ4n) is 0.221. The van der Waals surface area contributed by atoms with Gasteiger partial charge in [-0.25, -0.2) is 9.79 Å². The van der Waals surface area contributed by atoms with E-state index in [0.717, 1.165) is 0 Å². The highest BCUT2D eigenvalue weighted by Crippen LogP contribution is 2.13. The summed E-state index contributed by atoms with van der Waals surface area (Å²) in [6, 6.07) is 0. The molecule has 0 bridgehead atoms.